The summed E-state index contributed by atoms with van der Waals surface area (Å²) in [5.74, 6) is 1.46. The molecule has 0 bridgehead atoms. The third kappa shape index (κ3) is 4.54. The van der Waals surface area contributed by atoms with Crippen LogP contribution in [0.1, 0.15) is 6.92 Å². The van der Waals surface area contributed by atoms with Crippen LogP contribution in [0.2, 0.25) is 5.02 Å². The smallest absolute Gasteiger partial charge is 0.327 e. The highest BCUT2D eigenvalue weighted by Crippen LogP contribution is 2.32. The number of hydrogen-bond acceptors (Lipinski definition) is 5. The summed E-state index contributed by atoms with van der Waals surface area (Å²) < 4.78 is 5.37. The summed E-state index contributed by atoms with van der Waals surface area (Å²) >= 11 is 6.18. The summed E-state index contributed by atoms with van der Waals surface area (Å²) in [7, 11) is 0. The third-order valence-electron chi connectivity index (χ3n) is 5.46. The van der Waals surface area contributed by atoms with Crippen LogP contribution in [-0.4, -0.2) is 29.1 Å². The number of urea groups is 1. The zero-order valence-corrected chi connectivity index (χ0v) is 18.7. The van der Waals surface area contributed by atoms with Gasteiger partial charge in [-0.05, 0) is 42.3 Å². The van der Waals surface area contributed by atoms with Gasteiger partial charge in [-0.3, -0.25) is 4.90 Å². The minimum atomic E-state index is -0.253. The first-order chi connectivity index (χ1) is 16.1. The lowest BCUT2D eigenvalue weighted by molar-refractivity contribution is 0.256. The number of fused-ring (bicyclic) bond motifs is 1. The summed E-state index contributed by atoms with van der Waals surface area (Å²) in [6.07, 6.45) is 3.02. The van der Waals surface area contributed by atoms with Crippen molar-refractivity contribution in [1.29, 1.82) is 0 Å². The lowest BCUT2D eigenvalue weighted by atomic mass is 10.1. The number of carbonyl (C=O) groups excluding carboxylic acids is 1. The first-order valence-electron chi connectivity index (χ1n) is 10.6. The minimum Gasteiger partial charge on any atom is -0.444 e. The fourth-order valence-electron chi connectivity index (χ4n) is 3.83. The highest BCUT2D eigenvalue weighted by Gasteiger charge is 2.26. The molecule has 2 aromatic heterocycles. The second-order valence-corrected chi connectivity index (χ2v) is 8.49. The SMILES string of the molecule is C[C@@H]1CNc2ccc(-c3cccc(Cl)c3)nc2N(C(=O)Nc2cccc(-c3cnco3)c2)C1. The van der Waals surface area contributed by atoms with Crippen molar-refractivity contribution in [3.8, 4) is 22.6 Å². The Kier molecular flexibility index (Phi) is 5.71. The number of carbonyl (C=O) groups is 1. The first kappa shape index (κ1) is 21.0. The van der Waals surface area contributed by atoms with E-state index in [4.69, 9.17) is 21.0 Å². The number of anilines is 3. The molecule has 4 aromatic rings. The Balaban J connectivity index is 1.47. The van der Waals surface area contributed by atoms with Crippen LogP contribution in [0.3, 0.4) is 0 Å². The van der Waals surface area contributed by atoms with Gasteiger partial charge in [0.1, 0.15) is 0 Å². The molecule has 0 fully saturated rings. The number of aromatic nitrogens is 2. The number of hydrogen-bond donors (Lipinski definition) is 2. The van der Waals surface area contributed by atoms with E-state index in [0.717, 1.165) is 29.1 Å². The van der Waals surface area contributed by atoms with Crippen molar-refractivity contribution in [1.82, 2.24) is 9.97 Å². The summed E-state index contributed by atoms with van der Waals surface area (Å²) in [6, 6.07) is 18.6. The Bertz CT molecular complexity index is 1290. The summed E-state index contributed by atoms with van der Waals surface area (Å²) in [5.41, 5.74) is 3.94. The largest absolute Gasteiger partial charge is 0.444 e. The molecule has 8 heteroatoms. The van der Waals surface area contributed by atoms with Crippen molar-refractivity contribution in [2.45, 2.75) is 6.92 Å². The number of nitrogens with zero attached hydrogens (tertiary/aromatic N) is 3. The molecule has 7 nitrogen and oxygen atoms in total. The fraction of sp³-hybridized carbons (Fsp3) is 0.160. The minimum absolute atomic E-state index is 0.236. The molecule has 5 rings (SSSR count). The lowest BCUT2D eigenvalue weighted by Crippen LogP contribution is -2.38. The van der Waals surface area contributed by atoms with Crippen LogP contribution in [0.4, 0.5) is 22.0 Å². The normalized spacial score (nSPS) is 15.3. The van der Waals surface area contributed by atoms with Gasteiger partial charge < -0.3 is 15.1 Å². The van der Waals surface area contributed by atoms with Gasteiger partial charge in [-0.25, -0.2) is 14.8 Å². The van der Waals surface area contributed by atoms with Crippen LogP contribution in [-0.2, 0) is 0 Å². The molecule has 33 heavy (non-hydrogen) atoms. The maximum Gasteiger partial charge on any atom is 0.327 e. The first-order valence-corrected chi connectivity index (χ1v) is 11.0. The van der Waals surface area contributed by atoms with Gasteiger partial charge in [0, 0.05) is 34.9 Å². The van der Waals surface area contributed by atoms with Crippen LogP contribution >= 0.6 is 11.6 Å². The molecule has 1 atom stereocenters. The number of pyridine rings is 1. The molecule has 2 N–H and O–H groups in total. The molecule has 0 spiro atoms. The number of halogens is 1. The second kappa shape index (κ2) is 8.96. The molecule has 0 unspecified atom stereocenters. The second-order valence-electron chi connectivity index (χ2n) is 8.05. The summed E-state index contributed by atoms with van der Waals surface area (Å²) in [6.45, 7) is 3.37. The monoisotopic (exact) mass is 459 g/mol. The molecule has 0 aliphatic carbocycles. The maximum absolute atomic E-state index is 13.4. The standard InChI is InChI=1S/C25H22ClN5O2/c1-16-12-28-22-9-8-21(17-4-2-6-19(26)10-17)30-24(22)31(14-16)25(32)29-20-7-3-5-18(11-20)23-13-27-15-33-23/h2-11,13,15-16,28H,12,14H2,1H3,(H,29,32)/t16-/m1/s1. The highest BCUT2D eigenvalue weighted by atomic mass is 35.5. The molecule has 2 aromatic carbocycles. The van der Waals surface area contributed by atoms with Gasteiger partial charge in [-0.1, -0.05) is 42.8 Å². The van der Waals surface area contributed by atoms with Crippen molar-refractivity contribution >= 4 is 34.8 Å². The number of nitrogens with one attached hydrogen (secondary N) is 2. The van der Waals surface area contributed by atoms with Crippen molar-refractivity contribution in [2.24, 2.45) is 5.92 Å². The van der Waals surface area contributed by atoms with Gasteiger partial charge in [0.15, 0.2) is 18.0 Å². The van der Waals surface area contributed by atoms with Crippen molar-refractivity contribution in [2.75, 3.05) is 28.6 Å². The van der Waals surface area contributed by atoms with Gasteiger partial charge in [0.2, 0.25) is 0 Å². The lowest BCUT2D eigenvalue weighted by Gasteiger charge is -2.24. The van der Waals surface area contributed by atoms with Gasteiger partial charge in [-0.15, -0.1) is 0 Å². The predicted octanol–water partition coefficient (Wildman–Crippen LogP) is 6.16. The molecule has 1 aliphatic heterocycles. The van der Waals surface area contributed by atoms with Crippen LogP contribution in [0.25, 0.3) is 22.6 Å². The fourth-order valence-corrected chi connectivity index (χ4v) is 4.02. The quantitative estimate of drug-likeness (QED) is 0.383. The molecular weight excluding hydrogens is 438 g/mol. The molecule has 0 saturated heterocycles. The van der Waals surface area contributed by atoms with E-state index in [1.54, 1.807) is 11.1 Å². The Morgan fingerprint density at radius 1 is 1.15 bits per heavy atom. The van der Waals surface area contributed by atoms with Crippen LogP contribution in [0.5, 0.6) is 0 Å². The van der Waals surface area contributed by atoms with Gasteiger partial charge in [-0.2, -0.15) is 0 Å². The van der Waals surface area contributed by atoms with Gasteiger partial charge in [0.05, 0.1) is 17.6 Å². The Labute approximate surface area is 196 Å². The Morgan fingerprint density at radius 3 is 2.82 bits per heavy atom. The van der Waals surface area contributed by atoms with E-state index >= 15 is 0 Å². The van der Waals surface area contributed by atoms with Crippen molar-refractivity contribution in [3.63, 3.8) is 0 Å². The number of rotatable bonds is 3. The number of amides is 2. The summed E-state index contributed by atoms with van der Waals surface area (Å²) in [4.78, 5) is 23.9. The predicted molar refractivity (Wildman–Crippen MR) is 131 cm³/mol. The maximum atomic E-state index is 13.4. The van der Waals surface area contributed by atoms with Crippen LogP contribution in [0, 0.1) is 5.92 Å². The van der Waals surface area contributed by atoms with E-state index in [1.807, 2.05) is 60.7 Å². The van der Waals surface area contributed by atoms with Crippen LogP contribution < -0.4 is 15.5 Å². The Hall–Kier alpha value is -3.84. The molecule has 0 saturated carbocycles. The molecule has 3 heterocycles. The van der Waals surface area contributed by atoms with Gasteiger partial charge in [0.25, 0.3) is 0 Å². The Morgan fingerprint density at radius 2 is 2.00 bits per heavy atom. The average Bonchev–Trinajstić information content (AvgIpc) is 3.31. The molecule has 166 valence electrons. The van der Waals surface area contributed by atoms with E-state index in [1.165, 1.54) is 6.39 Å². The molecule has 0 radical (unpaired) electrons. The topological polar surface area (TPSA) is 83.3 Å². The van der Waals surface area contributed by atoms with Gasteiger partial charge >= 0.3 is 6.03 Å². The highest BCUT2D eigenvalue weighted by molar-refractivity contribution is 6.30. The third-order valence-corrected chi connectivity index (χ3v) is 5.70. The van der Waals surface area contributed by atoms with Crippen molar-refractivity contribution in [3.05, 3.63) is 78.3 Å². The number of benzene rings is 2. The zero-order valence-electron chi connectivity index (χ0n) is 18.0. The zero-order chi connectivity index (χ0) is 22.8. The molecule has 1 aliphatic rings. The van der Waals surface area contributed by atoms with E-state index in [9.17, 15) is 4.79 Å². The van der Waals surface area contributed by atoms with E-state index < -0.39 is 0 Å². The summed E-state index contributed by atoms with van der Waals surface area (Å²) in [5, 5.41) is 7.06. The van der Waals surface area contributed by atoms with E-state index in [0.29, 0.717) is 28.8 Å². The molecule has 2 amide bonds. The van der Waals surface area contributed by atoms with Crippen molar-refractivity contribution < 1.29 is 9.21 Å². The van der Waals surface area contributed by atoms with E-state index in [-0.39, 0.29) is 11.9 Å². The average molecular weight is 460 g/mol. The van der Waals surface area contributed by atoms with E-state index in [2.05, 4.69) is 22.5 Å². The van der Waals surface area contributed by atoms with Crippen LogP contribution in [0.15, 0.2) is 77.7 Å². The molecular formula is C25H22ClN5O2. The number of oxazole rings is 1.